The standard InChI is InChI=1S/C15H19N3O2.C2HF3O2/c19-13-2-6-15(17-13)5-1-10-18(11-7-15)14(20)12-3-8-16-9-4-12;3-2(4,5)1(6)7/h3-4,8-9H,1-2,5-7,10-11H2,(H,17,19);(H,6,7). The van der Waals surface area contributed by atoms with Crippen LogP contribution in [0.5, 0.6) is 0 Å². The number of aliphatic carboxylic acids is 1. The van der Waals surface area contributed by atoms with Crippen LogP contribution >= 0.6 is 0 Å². The molecular formula is C17H20F3N3O4. The Balaban J connectivity index is 0.000000321. The molecule has 0 radical (unpaired) electrons. The van der Waals surface area contributed by atoms with E-state index < -0.39 is 12.1 Å². The third-order valence-corrected chi connectivity index (χ3v) is 4.64. The molecule has 27 heavy (non-hydrogen) atoms. The molecular weight excluding hydrogens is 367 g/mol. The smallest absolute Gasteiger partial charge is 0.475 e. The summed E-state index contributed by atoms with van der Waals surface area (Å²) in [6, 6.07) is 3.50. The molecule has 10 heteroatoms. The third kappa shape index (κ3) is 5.66. The average Bonchev–Trinajstić information content (AvgIpc) is 2.86. The summed E-state index contributed by atoms with van der Waals surface area (Å²) in [5.41, 5.74) is 0.621. The number of likely N-dealkylation sites (tertiary alicyclic amines) is 1. The summed E-state index contributed by atoms with van der Waals surface area (Å²) in [6.07, 6.45) is 2.50. The molecule has 7 nitrogen and oxygen atoms in total. The monoisotopic (exact) mass is 387 g/mol. The molecule has 2 amide bonds. The highest BCUT2D eigenvalue weighted by Gasteiger charge is 2.39. The molecule has 148 valence electrons. The van der Waals surface area contributed by atoms with E-state index in [0.29, 0.717) is 18.5 Å². The van der Waals surface area contributed by atoms with Crippen LogP contribution in [-0.4, -0.2) is 57.6 Å². The minimum Gasteiger partial charge on any atom is -0.475 e. The Morgan fingerprint density at radius 1 is 1.15 bits per heavy atom. The van der Waals surface area contributed by atoms with Gasteiger partial charge in [0.1, 0.15) is 0 Å². The van der Waals surface area contributed by atoms with E-state index in [9.17, 15) is 22.8 Å². The molecule has 0 saturated carbocycles. The van der Waals surface area contributed by atoms with E-state index in [-0.39, 0.29) is 17.4 Å². The number of amides is 2. The van der Waals surface area contributed by atoms with Crippen molar-refractivity contribution in [3.8, 4) is 0 Å². The number of alkyl halides is 3. The lowest BCUT2D eigenvalue weighted by atomic mass is 9.89. The molecule has 2 N–H and O–H groups in total. The Morgan fingerprint density at radius 2 is 1.78 bits per heavy atom. The molecule has 1 unspecified atom stereocenters. The summed E-state index contributed by atoms with van der Waals surface area (Å²) in [6.45, 7) is 1.47. The lowest BCUT2D eigenvalue weighted by Gasteiger charge is -2.27. The number of carboxylic acids is 1. The maximum atomic E-state index is 12.4. The van der Waals surface area contributed by atoms with Gasteiger partial charge in [0.25, 0.3) is 5.91 Å². The molecule has 0 aliphatic carbocycles. The summed E-state index contributed by atoms with van der Waals surface area (Å²) in [5.74, 6) is -2.54. The first-order valence-electron chi connectivity index (χ1n) is 8.43. The number of carbonyl (C=O) groups is 3. The summed E-state index contributed by atoms with van der Waals surface area (Å²) in [7, 11) is 0. The van der Waals surface area contributed by atoms with Crippen molar-refractivity contribution >= 4 is 17.8 Å². The lowest BCUT2D eigenvalue weighted by Crippen LogP contribution is -2.42. The molecule has 3 rings (SSSR count). The van der Waals surface area contributed by atoms with Crippen LogP contribution in [0.25, 0.3) is 0 Å². The van der Waals surface area contributed by atoms with Crippen molar-refractivity contribution in [1.29, 1.82) is 0 Å². The molecule has 1 aromatic heterocycles. The SMILES string of the molecule is O=C(O)C(F)(F)F.O=C1CCC2(CCCN(C(=O)c3ccncc3)CC2)N1. The largest absolute Gasteiger partial charge is 0.490 e. The Kier molecular flexibility index (Phi) is 6.40. The van der Waals surface area contributed by atoms with Crippen molar-refractivity contribution in [1.82, 2.24) is 15.2 Å². The number of pyridine rings is 1. The predicted octanol–water partition coefficient (Wildman–Crippen LogP) is 1.99. The second-order valence-electron chi connectivity index (χ2n) is 6.51. The van der Waals surface area contributed by atoms with Crippen LogP contribution in [0.1, 0.15) is 42.5 Å². The van der Waals surface area contributed by atoms with Gasteiger partial charge in [0.05, 0.1) is 0 Å². The topological polar surface area (TPSA) is 99.6 Å². The maximum Gasteiger partial charge on any atom is 0.490 e. The zero-order valence-corrected chi connectivity index (χ0v) is 14.5. The van der Waals surface area contributed by atoms with Crippen molar-refractivity contribution in [2.45, 2.75) is 43.8 Å². The van der Waals surface area contributed by atoms with E-state index in [1.54, 1.807) is 24.5 Å². The van der Waals surface area contributed by atoms with Crippen LogP contribution in [-0.2, 0) is 9.59 Å². The predicted molar refractivity (Wildman–Crippen MR) is 87.8 cm³/mol. The maximum absolute atomic E-state index is 12.4. The molecule has 2 saturated heterocycles. The second-order valence-corrected chi connectivity index (χ2v) is 6.51. The van der Waals surface area contributed by atoms with E-state index in [4.69, 9.17) is 9.90 Å². The minimum atomic E-state index is -5.08. The molecule has 0 bridgehead atoms. The summed E-state index contributed by atoms with van der Waals surface area (Å²) in [4.78, 5) is 38.6. The van der Waals surface area contributed by atoms with Crippen molar-refractivity contribution in [3.05, 3.63) is 30.1 Å². The molecule has 2 fully saturated rings. The third-order valence-electron chi connectivity index (χ3n) is 4.64. The number of hydrogen-bond acceptors (Lipinski definition) is 4. The quantitative estimate of drug-likeness (QED) is 0.768. The zero-order chi connectivity index (χ0) is 20.1. The first-order chi connectivity index (χ1) is 12.6. The van der Waals surface area contributed by atoms with Crippen LogP contribution in [0, 0.1) is 0 Å². The van der Waals surface area contributed by atoms with Crippen molar-refractivity contribution < 1.29 is 32.7 Å². The first-order valence-corrected chi connectivity index (χ1v) is 8.43. The van der Waals surface area contributed by atoms with Gasteiger partial charge in [-0.2, -0.15) is 13.2 Å². The van der Waals surface area contributed by atoms with Gasteiger partial charge >= 0.3 is 12.1 Å². The Bertz CT molecular complexity index is 696. The molecule has 3 heterocycles. The second kappa shape index (κ2) is 8.36. The highest BCUT2D eigenvalue weighted by molar-refractivity contribution is 5.94. The number of nitrogens with zero attached hydrogens (tertiary/aromatic N) is 2. The molecule has 1 aromatic rings. The Labute approximate surface area is 153 Å². The van der Waals surface area contributed by atoms with Gasteiger partial charge in [0.2, 0.25) is 5.91 Å². The van der Waals surface area contributed by atoms with Crippen molar-refractivity contribution in [2.75, 3.05) is 13.1 Å². The van der Waals surface area contributed by atoms with Crippen LogP contribution in [0.4, 0.5) is 13.2 Å². The number of carbonyl (C=O) groups excluding carboxylic acids is 2. The fourth-order valence-electron chi connectivity index (χ4n) is 3.22. The van der Waals surface area contributed by atoms with E-state index in [0.717, 1.165) is 32.2 Å². The van der Waals surface area contributed by atoms with Gasteiger partial charge in [0.15, 0.2) is 0 Å². The average molecular weight is 387 g/mol. The van der Waals surface area contributed by atoms with Gasteiger partial charge in [0, 0.05) is 43.0 Å². The summed E-state index contributed by atoms with van der Waals surface area (Å²) >= 11 is 0. The van der Waals surface area contributed by atoms with Crippen LogP contribution in [0.3, 0.4) is 0 Å². The zero-order valence-electron chi connectivity index (χ0n) is 14.5. The number of nitrogens with one attached hydrogen (secondary N) is 1. The van der Waals surface area contributed by atoms with Gasteiger partial charge in [-0.05, 0) is 37.8 Å². The molecule has 2 aliphatic rings. The van der Waals surface area contributed by atoms with Crippen LogP contribution in [0.2, 0.25) is 0 Å². The summed E-state index contributed by atoms with van der Waals surface area (Å²) in [5, 5.41) is 10.2. The van der Waals surface area contributed by atoms with E-state index in [1.165, 1.54) is 0 Å². The number of aromatic nitrogens is 1. The number of halogens is 3. The highest BCUT2D eigenvalue weighted by Crippen LogP contribution is 2.31. The molecule has 0 aromatic carbocycles. The van der Waals surface area contributed by atoms with E-state index in [2.05, 4.69) is 10.3 Å². The normalized spacial score (nSPS) is 22.5. The van der Waals surface area contributed by atoms with Crippen molar-refractivity contribution in [2.24, 2.45) is 0 Å². The molecule has 2 aliphatic heterocycles. The Morgan fingerprint density at radius 3 is 2.30 bits per heavy atom. The molecule has 1 spiro atoms. The summed E-state index contributed by atoms with van der Waals surface area (Å²) < 4.78 is 31.7. The van der Waals surface area contributed by atoms with E-state index in [1.807, 2.05) is 4.90 Å². The minimum absolute atomic E-state index is 0.0637. The van der Waals surface area contributed by atoms with Gasteiger partial charge in [-0.1, -0.05) is 0 Å². The van der Waals surface area contributed by atoms with E-state index >= 15 is 0 Å². The fraction of sp³-hybridized carbons (Fsp3) is 0.529. The Hall–Kier alpha value is -2.65. The lowest BCUT2D eigenvalue weighted by molar-refractivity contribution is -0.192. The number of carboxylic acid groups (broad SMARTS) is 1. The first kappa shape index (κ1) is 20.7. The molecule has 1 atom stereocenters. The van der Waals surface area contributed by atoms with Gasteiger partial charge in [-0.15, -0.1) is 0 Å². The van der Waals surface area contributed by atoms with Gasteiger partial charge in [-0.25, -0.2) is 4.79 Å². The highest BCUT2D eigenvalue weighted by atomic mass is 19.4. The number of hydrogen-bond donors (Lipinski definition) is 2. The fourth-order valence-corrected chi connectivity index (χ4v) is 3.22. The number of rotatable bonds is 1. The van der Waals surface area contributed by atoms with Crippen LogP contribution in [0.15, 0.2) is 24.5 Å². The van der Waals surface area contributed by atoms with Crippen molar-refractivity contribution in [3.63, 3.8) is 0 Å². The van der Waals surface area contributed by atoms with Crippen LogP contribution < -0.4 is 5.32 Å². The van der Waals surface area contributed by atoms with Gasteiger partial charge < -0.3 is 15.3 Å². The van der Waals surface area contributed by atoms with Gasteiger partial charge in [-0.3, -0.25) is 14.6 Å².